The normalized spacial score (nSPS) is 17.7. The molecular formula is C17H22N4O2S. The Balaban J connectivity index is 1.58. The number of thiazole rings is 1. The van der Waals surface area contributed by atoms with Gasteiger partial charge in [0.2, 0.25) is 5.91 Å². The molecule has 0 saturated carbocycles. The number of likely N-dealkylation sites (N-methyl/N-ethyl adjacent to an activating group) is 1. The molecule has 2 amide bonds. The van der Waals surface area contributed by atoms with E-state index in [1.807, 2.05) is 13.0 Å². The lowest BCUT2D eigenvalue weighted by Crippen LogP contribution is -2.49. The van der Waals surface area contributed by atoms with Crippen LogP contribution in [0.3, 0.4) is 0 Å². The minimum absolute atomic E-state index is 0.0139. The highest BCUT2D eigenvalue weighted by molar-refractivity contribution is 7.18. The molecule has 1 unspecified atom stereocenters. The van der Waals surface area contributed by atoms with Crippen molar-refractivity contribution in [3.63, 3.8) is 0 Å². The molecule has 7 heteroatoms. The maximum atomic E-state index is 12.3. The molecule has 1 aromatic carbocycles. The average molecular weight is 346 g/mol. The van der Waals surface area contributed by atoms with Crippen molar-refractivity contribution >= 4 is 33.4 Å². The van der Waals surface area contributed by atoms with E-state index < -0.39 is 0 Å². The molecule has 1 atom stereocenters. The van der Waals surface area contributed by atoms with Gasteiger partial charge in [0.05, 0.1) is 21.8 Å². The van der Waals surface area contributed by atoms with Crippen LogP contribution in [-0.2, 0) is 4.79 Å². The fraction of sp³-hybridized carbons (Fsp3) is 0.471. The van der Waals surface area contributed by atoms with Gasteiger partial charge >= 0.3 is 0 Å². The molecule has 2 N–H and O–H groups in total. The third-order valence-corrected chi connectivity index (χ3v) is 5.32. The van der Waals surface area contributed by atoms with E-state index in [0.717, 1.165) is 41.2 Å². The first-order valence-electron chi connectivity index (χ1n) is 8.16. The first kappa shape index (κ1) is 16.9. The Morgan fingerprint density at radius 3 is 3.04 bits per heavy atom. The monoisotopic (exact) mass is 346 g/mol. The zero-order valence-electron chi connectivity index (χ0n) is 14.0. The molecule has 6 nitrogen and oxygen atoms in total. The number of fused-ring (bicyclic) bond motifs is 1. The van der Waals surface area contributed by atoms with Gasteiger partial charge in [0.1, 0.15) is 0 Å². The van der Waals surface area contributed by atoms with Crippen LogP contribution >= 0.6 is 11.3 Å². The molecule has 3 rings (SSSR count). The van der Waals surface area contributed by atoms with Crippen molar-refractivity contribution < 1.29 is 9.59 Å². The van der Waals surface area contributed by atoms with Gasteiger partial charge in [0.15, 0.2) is 0 Å². The molecule has 1 saturated heterocycles. The fourth-order valence-corrected chi connectivity index (χ4v) is 3.74. The van der Waals surface area contributed by atoms with Gasteiger partial charge in [0, 0.05) is 25.2 Å². The molecule has 128 valence electrons. The number of hydrogen-bond donors (Lipinski definition) is 2. The van der Waals surface area contributed by atoms with Crippen molar-refractivity contribution in [3.05, 3.63) is 28.8 Å². The topological polar surface area (TPSA) is 74.3 Å². The fourth-order valence-electron chi connectivity index (χ4n) is 2.93. The van der Waals surface area contributed by atoms with Gasteiger partial charge in [-0.3, -0.25) is 9.59 Å². The number of hydrogen-bond acceptors (Lipinski definition) is 5. The highest BCUT2D eigenvalue weighted by Crippen LogP contribution is 2.22. The molecule has 0 bridgehead atoms. The summed E-state index contributed by atoms with van der Waals surface area (Å²) in [6, 6.07) is 5.65. The Morgan fingerprint density at radius 2 is 2.29 bits per heavy atom. The number of rotatable bonds is 4. The van der Waals surface area contributed by atoms with E-state index in [4.69, 9.17) is 0 Å². The Bertz CT molecular complexity index is 752. The van der Waals surface area contributed by atoms with Crippen LogP contribution in [0.15, 0.2) is 18.2 Å². The number of aryl methyl sites for hydroxylation is 1. The second kappa shape index (κ2) is 7.27. The third-order valence-electron chi connectivity index (χ3n) is 4.37. The molecule has 0 radical (unpaired) electrons. The SMILES string of the molecule is Cc1nc2cc(C(=O)NCC(=O)N(C)C3CCCNC3)ccc2s1. The summed E-state index contributed by atoms with van der Waals surface area (Å²) in [7, 11) is 1.80. The van der Waals surface area contributed by atoms with Crippen molar-refractivity contribution in [3.8, 4) is 0 Å². The van der Waals surface area contributed by atoms with E-state index in [9.17, 15) is 9.59 Å². The second-order valence-corrected chi connectivity index (χ2v) is 7.34. The van der Waals surface area contributed by atoms with E-state index in [1.165, 1.54) is 0 Å². The van der Waals surface area contributed by atoms with Gasteiger partial charge in [-0.05, 0) is 44.5 Å². The van der Waals surface area contributed by atoms with Crippen LogP contribution in [0.2, 0.25) is 0 Å². The molecule has 2 aromatic rings. The molecule has 1 fully saturated rings. The zero-order valence-corrected chi connectivity index (χ0v) is 14.8. The summed E-state index contributed by atoms with van der Waals surface area (Å²) in [5, 5.41) is 6.98. The summed E-state index contributed by atoms with van der Waals surface area (Å²) >= 11 is 1.60. The van der Waals surface area contributed by atoms with Crippen LogP contribution in [-0.4, -0.2) is 54.4 Å². The quantitative estimate of drug-likeness (QED) is 0.881. The van der Waals surface area contributed by atoms with Gasteiger partial charge in [-0.2, -0.15) is 0 Å². The summed E-state index contributed by atoms with van der Waals surface area (Å²) in [4.78, 5) is 30.7. The summed E-state index contributed by atoms with van der Waals surface area (Å²) < 4.78 is 1.06. The predicted molar refractivity (Wildman–Crippen MR) is 95.4 cm³/mol. The minimum atomic E-state index is -0.244. The van der Waals surface area contributed by atoms with E-state index in [0.29, 0.717) is 5.56 Å². The number of benzene rings is 1. The number of carbonyl (C=O) groups excluding carboxylic acids is 2. The number of amides is 2. The standard InChI is InChI=1S/C17H22N4O2S/c1-11-20-14-8-12(5-6-15(14)24-11)17(23)19-10-16(22)21(2)13-4-3-7-18-9-13/h5-6,8,13,18H,3-4,7,9-10H2,1-2H3,(H,19,23). The van der Waals surface area contributed by atoms with E-state index in [-0.39, 0.29) is 24.4 Å². The van der Waals surface area contributed by atoms with Crippen molar-refractivity contribution in [2.75, 3.05) is 26.7 Å². The predicted octanol–water partition coefficient (Wildman–Crippen LogP) is 1.54. The number of nitrogens with zero attached hydrogens (tertiary/aromatic N) is 2. The number of piperidine rings is 1. The van der Waals surface area contributed by atoms with E-state index in [1.54, 1.807) is 35.4 Å². The van der Waals surface area contributed by atoms with Crippen LogP contribution in [0.25, 0.3) is 10.2 Å². The van der Waals surface area contributed by atoms with Crippen molar-refractivity contribution in [2.24, 2.45) is 0 Å². The molecular weight excluding hydrogens is 324 g/mol. The largest absolute Gasteiger partial charge is 0.343 e. The lowest BCUT2D eigenvalue weighted by Gasteiger charge is -2.31. The summed E-state index contributed by atoms with van der Waals surface area (Å²) in [6.07, 6.45) is 2.07. The second-order valence-electron chi connectivity index (χ2n) is 6.10. The third kappa shape index (κ3) is 3.73. The smallest absolute Gasteiger partial charge is 0.251 e. The number of carbonyl (C=O) groups is 2. The summed E-state index contributed by atoms with van der Waals surface area (Å²) in [5.74, 6) is -0.311. The summed E-state index contributed by atoms with van der Waals surface area (Å²) in [6.45, 7) is 3.78. The molecule has 0 aliphatic carbocycles. The Kier molecular flexibility index (Phi) is 5.11. The van der Waals surface area contributed by atoms with Gasteiger partial charge in [-0.1, -0.05) is 0 Å². The molecule has 24 heavy (non-hydrogen) atoms. The first-order valence-corrected chi connectivity index (χ1v) is 8.98. The molecule has 1 aliphatic heterocycles. The van der Waals surface area contributed by atoms with Crippen LogP contribution < -0.4 is 10.6 Å². The molecule has 1 aromatic heterocycles. The molecule has 1 aliphatic rings. The molecule has 2 heterocycles. The van der Waals surface area contributed by atoms with Crippen molar-refractivity contribution in [1.29, 1.82) is 0 Å². The summed E-state index contributed by atoms with van der Waals surface area (Å²) in [5.41, 5.74) is 1.35. The zero-order chi connectivity index (χ0) is 17.1. The van der Waals surface area contributed by atoms with Gasteiger partial charge in [0.25, 0.3) is 5.91 Å². The first-order chi connectivity index (χ1) is 11.5. The Labute approximate surface area is 145 Å². The Morgan fingerprint density at radius 1 is 1.46 bits per heavy atom. The van der Waals surface area contributed by atoms with Crippen LogP contribution in [0, 0.1) is 6.92 Å². The lowest BCUT2D eigenvalue weighted by molar-refractivity contribution is -0.131. The van der Waals surface area contributed by atoms with Gasteiger partial charge < -0.3 is 15.5 Å². The van der Waals surface area contributed by atoms with Crippen LogP contribution in [0.4, 0.5) is 0 Å². The Hall–Kier alpha value is -1.99. The lowest BCUT2D eigenvalue weighted by atomic mass is 10.1. The highest BCUT2D eigenvalue weighted by Gasteiger charge is 2.22. The number of nitrogens with one attached hydrogen (secondary N) is 2. The number of aromatic nitrogens is 1. The molecule has 0 spiro atoms. The van der Waals surface area contributed by atoms with E-state index >= 15 is 0 Å². The van der Waals surface area contributed by atoms with Gasteiger partial charge in [-0.25, -0.2) is 4.98 Å². The minimum Gasteiger partial charge on any atom is -0.343 e. The maximum absolute atomic E-state index is 12.3. The van der Waals surface area contributed by atoms with Crippen molar-refractivity contribution in [1.82, 2.24) is 20.5 Å². The average Bonchev–Trinajstić information content (AvgIpc) is 2.98. The van der Waals surface area contributed by atoms with Crippen LogP contribution in [0.1, 0.15) is 28.2 Å². The van der Waals surface area contributed by atoms with Crippen LogP contribution in [0.5, 0.6) is 0 Å². The maximum Gasteiger partial charge on any atom is 0.251 e. The van der Waals surface area contributed by atoms with E-state index in [2.05, 4.69) is 15.6 Å². The highest BCUT2D eigenvalue weighted by atomic mass is 32.1. The van der Waals surface area contributed by atoms with Crippen molar-refractivity contribution in [2.45, 2.75) is 25.8 Å². The van der Waals surface area contributed by atoms with Gasteiger partial charge in [-0.15, -0.1) is 11.3 Å².